The number of nitrogens with zero attached hydrogens (tertiary/aromatic N) is 2. The van der Waals surface area contributed by atoms with Crippen molar-refractivity contribution in [1.29, 1.82) is 0 Å². The highest BCUT2D eigenvalue weighted by atomic mass is 79.9. The predicted molar refractivity (Wildman–Crippen MR) is 92.6 cm³/mol. The lowest BCUT2D eigenvalue weighted by molar-refractivity contribution is 0.286. The van der Waals surface area contributed by atoms with Gasteiger partial charge in [-0.2, -0.15) is 0 Å². The highest BCUT2D eigenvalue weighted by Gasteiger charge is 2.27. The van der Waals surface area contributed by atoms with Crippen LogP contribution in [0.25, 0.3) is 10.9 Å². The number of halogens is 2. The molecule has 7 heteroatoms. The van der Waals surface area contributed by atoms with Gasteiger partial charge in [0.1, 0.15) is 11.6 Å². The van der Waals surface area contributed by atoms with Gasteiger partial charge in [0.2, 0.25) is 0 Å². The molecule has 0 radical (unpaired) electrons. The summed E-state index contributed by atoms with van der Waals surface area (Å²) in [4.78, 5) is 8.75. The summed E-state index contributed by atoms with van der Waals surface area (Å²) in [5, 5.41) is 0.130. The number of aromatic nitrogens is 2. The average Bonchev–Trinajstić information content (AvgIpc) is 2.47. The quantitative estimate of drug-likeness (QED) is 0.853. The molecular formula is C16H21BrFN3O2. The number of rotatable bonds is 4. The van der Waals surface area contributed by atoms with Crippen LogP contribution in [0.4, 0.5) is 10.2 Å². The zero-order valence-corrected chi connectivity index (χ0v) is 15.5. The maximum absolute atomic E-state index is 14.8. The van der Waals surface area contributed by atoms with Gasteiger partial charge in [0, 0.05) is 5.41 Å². The number of nitrogen functional groups attached to an aromatic ring is 1. The fraction of sp³-hybridized carbons (Fsp3) is 0.500. The van der Waals surface area contributed by atoms with Gasteiger partial charge in [-0.15, -0.1) is 0 Å². The number of methoxy groups -OCH3 is 1. The van der Waals surface area contributed by atoms with E-state index in [1.54, 1.807) is 0 Å². The first-order valence-electron chi connectivity index (χ1n) is 7.37. The second-order valence-electron chi connectivity index (χ2n) is 6.24. The minimum Gasteiger partial charge on any atom is -0.490 e. The van der Waals surface area contributed by atoms with Crippen LogP contribution in [0.3, 0.4) is 0 Å². The van der Waals surface area contributed by atoms with Crippen molar-refractivity contribution >= 4 is 32.7 Å². The van der Waals surface area contributed by atoms with Crippen molar-refractivity contribution in [3.8, 4) is 11.5 Å². The van der Waals surface area contributed by atoms with Gasteiger partial charge in [0.05, 0.1) is 29.1 Å². The molecule has 0 saturated carbocycles. The summed E-state index contributed by atoms with van der Waals surface area (Å²) in [6.07, 6.45) is 0.786. The van der Waals surface area contributed by atoms with Crippen LogP contribution in [-0.2, 0) is 5.41 Å². The van der Waals surface area contributed by atoms with Crippen LogP contribution in [0, 0.1) is 5.82 Å². The topological polar surface area (TPSA) is 70.3 Å². The number of hydrogen-bond donors (Lipinski definition) is 1. The molecule has 0 unspecified atom stereocenters. The van der Waals surface area contributed by atoms with Crippen LogP contribution in [0.5, 0.6) is 11.5 Å². The second-order valence-corrected chi connectivity index (χ2v) is 7.04. The van der Waals surface area contributed by atoms with Crippen molar-refractivity contribution in [1.82, 2.24) is 9.97 Å². The van der Waals surface area contributed by atoms with Crippen LogP contribution in [-0.4, -0.2) is 23.7 Å². The zero-order valence-electron chi connectivity index (χ0n) is 14.0. The first-order valence-corrected chi connectivity index (χ1v) is 8.17. The van der Waals surface area contributed by atoms with Gasteiger partial charge in [-0.1, -0.05) is 27.7 Å². The van der Waals surface area contributed by atoms with E-state index in [1.807, 2.05) is 27.7 Å². The number of benzene rings is 1. The van der Waals surface area contributed by atoms with Crippen LogP contribution < -0.4 is 15.2 Å². The van der Waals surface area contributed by atoms with E-state index < -0.39 is 5.82 Å². The molecule has 2 aromatic rings. The van der Waals surface area contributed by atoms with Crippen LogP contribution in [0.1, 0.15) is 39.9 Å². The lowest BCUT2D eigenvalue weighted by Crippen LogP contribution is -2.17. The molecule has 126 valence electrons. The molecule has 0 aliphatic rings. The maximum Gasteiger partial charge on any atom is 0.198 e. The molecular weight excluding hydrogens is 365 g/mol. The smallest absolute Gasteiger partial charge is 0.198 e. The molecule has 0 aliphatic carbocycles. The lowest BCUT2D eigenvalue weighted by Gasteiger charge is -2.20. The van der Waals surface area contributed by atoms with E-state index in [-0.39, 0.29) is 28.1 Å². The average molecular weight is 386 g/mol. The molecule has 0 aliphatic heterocycles. The van der Waals surface area contributed by atoms with E-state index in [4.69, 9.17) is 15.2 Å². The standard InChI is InChI=1S/C16H21BrFN3O2/c1-6-7-23-12-9(17)11-8(10(18)13(12)22-5)14(19)21-15(20-11)16(2,3)4/h6-7H2,1-5H3,(H2,19,20,21). The highest BCUT2D eigenvalue weighted by Crippen LogP contribution is 2.45. The molecule has 0 fully saturated rings. The minimum absolute atomic E-state index is 0.00312. The Balaban J connectivity index is 2.85. The number of ether oxygens (including phenoxy) is 2. The molecule has 2 N–H and O–H groups in total. The summed E-state index contributed by atoms with van der Waals surface area (Å²) in [7, 11) is 1.38. The first kappa shape index (κ1) is 17.7. The van der Waals surface area contributed by atoms with E-state index in [0.717, 1.165) is 6.42 Å². The van der Waals surface area contributed by atoms with E-state index in [2.05, 4.69) is 25.9 Å². The molecule has 2 rings (SSSR count). The zero-order chi connectivity index (χ0) is 17.4. The van der Waals surface area contributed by atoms with E-state index in [9.17, 15) is 4.39 Å². The van der Waals surface area contributed by atoms with Crippen molar-refractivity contribution in [3.05, 3.63) is 16.1 Å². The Kier molecular flexibility index (Phi) is 4.98. The Hall–Kier alpha value is -1.63. The molecule has 0 amide bonds. The van der Waals surface area contributed by atoms with Crippen LogP contribution >= 0.6 is 15.9 Å². The molecule has 1 aromatic carbocycles. The van der Waals surface area contributed by atoms with Gasteiger partial charge in [-0.05, 0) is 22.4 Å². The van der Waals surface area contributed by atoms with E-state index in [1.165, 1.54) is 7.11 Å². The van der Waals surface area contributed by atoms with Crippen molar-refractivity contribution in [2.45, 2.75) is 39.5 Å². The normalized spacial score (nSPS) is 11.8. The minimum atomic E-state index is -0.616. The Labute approximate surface area is 143 Å². The fourth-order valence-corrected chi connectivity index (χ4v) is 2.71. The predicted octanol–water partition coefficient (Wildman–Crippen LogP) is 4.21. The first-order chi connectivity index (χ1) is 10.7. The molecule has 1 aromatic heterocycles. The molecule has 0 atom stereocenters. The largest absolute Gasteiger partial charge is 0.490 e. The van der Waals surface area contributed by atoms with Gasteiger partial charge in [-0.25, -0.2) is 14.4 Å². The van der Waals surface area contributed by atoms with Gasteiger partial charge >= 0.3 is 0 Å². The molecule has 1 heterocycles. The molecule has 0 spiro atoms. The third kappa shape index (κ3) is 3.20. The highest BCUT2D eigenvalue weighted by molar-refractivity contribution is 9.10. The Morgan fingerprint density at radius 1 is 1.22 bits per heavy atom. The molecule has 23 heavy (non-hydrogen) atoms. The van der Waals surface area contributed by atoms with Gasteiger partial charge in [0.15, 0.2) is 17.3 Å². The summed E-state index contributed by atoms with van der Waals surface area (Å²) in [5.74, 6) is 0.288. The summed E-state index contributed by atoms with van der Waals surface area (Å²) in [6, 6.07) is 0. The number of nitrogens with two attached hydrogens (primary N) is 1. The summed E-state index contributed by atoms with van der Waals surface area (Å²) >= 11 is 3.46. The summed E-state index contributed by atoms with van der Waals surface area (Å²) < 4.78 is 26.2. The van der Waals surface area contributed by atoms with E-state index >= 15 is 0 Å². The lowest BCUT2D eigenvalue weighted by atomic mass is 9.95. The number of fused-ring (bicyclic) bond motifs is 1. The Bertz CT molecular complexity index is 745. The SMILES string of the molecule is CCCOc1c(OC)c(F)c2c(N)nc(C(C)(C)C)nc2c1Br. The number of anilines is 1. The molecule has 5 nitrogen and oxygen atoms in total. The monoisotopic (exact) mass is 385 g/mol. The maximum atomic E-state index is 14.8. The van der Waals surface area contributed by atoms with Crippen LogP contribution in [0.2, 0.25) is 0 Å². The Morgan fingerprint density at radius 2 is 1.87 bits per heavy atom. The second kappa shape index (κ2) is 6.47. The fourth-order valence-electron chi connectivity index (χ4n) is 2.12. The summed E-state index contributed by atoms with van der Waals surface area (Å²) in [6.45, 7) is 8.31. The Morgan fingerprint density at radius 3 is 2.39 bits per heavy atom. The van der Waals surface area contributed by atoms with Crippen molar-refractivity contribution < 1.29 is 13.9 Å². The van der Waals surface area contributed by atoms with E-state index in [0.29, 0.717) is 22.4 Å². The van der Waals surface area contributed by atoms with Crippen molar-refractivity contribution in [2.75, 3.05) is 19.5 Å². The van der Waals surface area contributed by atoms with Crippen LogP contribution in [0.15, 0.2) is 4.47 Å². The third-order valence-electron chi connectivity index (χ3n) is 3.29. The third-order valence-corrected chi connectivity index (χ3v) is 4.03. The van der Waals surface area contributed by atoms with Gasteiger partial charge in [-0.3, -0.25) is 0 Å². The van der Waals surface area contributed by atoms with Gasteiger partial charge in [0.25, 0.3) is 0 Å². The van der Waals surface area contributed by atoms with Gasteiger partial charge < -0.3 is 15.2 Å². The van der Waals surface area contributed by atoms with Crippen molar-refractivity contribution in [2.24, 2.45) is 0 Å². The molecule has 0 saturated heterocycles. The van der Waals surface area contributed by atoms with Crippen molar-refractivity contribution in [3.63, 3.8) is 0 Å². The summed E-state index contributed by atoms with van der Waals surface area (Å²) in [5.41, 5.74) is 6.05. The molecule has 0 bridgehead atoms. The number of hydrogen-bond acceptors (Lipinski definition) is 5.